The molecule has 1 aliphatic heterocycles. The van der Waals surface area contributed by atoms with Crippen LogP contribution < -0.4 is 10.6 Å². The molecule has 0 saturated heterocycles. The summed E-state index contributed by atoms with van der Waals surface area (Å²) < 4.78 is 5.41. The zero-order valence-corrected chi connectivity index (χ0v) is 11.0. The Morgan fingerprint density at radius 3 is 2.85 bits per heavy atom. The molecule has 1 aromatic heterocycles. The first-order valence-electron chi connectivity index (χ1n) is 6.60. The number of nitrogens with one attached hydrogen (secondary N) is 2. The number of aliphatic hydroxyl groups excluding tert-OH is 1. The fourth-order valence-electron chi connectivity index (χ4n) is 2.28. The van der Waals surface area contributed by atoms with Gasteiger partial charge in [-0.3, -0.25) is 4.79 Å². The van der Waals surface area contributed by atoms with Gasteiger partial charge in [0.15, 0.2) is 0 Å². The smallest absolute Gasteiger partial charge is 0.224 e. The number of anilines is 2. The number of benzene rings is 1. The predicted octanol–water partition coefficient (Wildman–Crippen LogP) is 2.27. The molecule has 0 bridgehead atoms. The molecular formula is C15H16N2O3. The van der Waals surface area contributed by atoms with Crippen LogP contribution in [0, 0.1) is 0 Å². The third-order valence-corrected chi connectivity index (χ3v) is 3.34. The maximum atomic E-state index is 11.3. The number of carbonyl (C=O) groups is 1. The summed E-state index contributed by atoms with van der Waals surface area (Å²) in [5.41, 5.74) is 3.03. The summed E-state index contributed by atoms with van der Waals surface area (Å²) in [6.07, 6.45) is 1.31. The SMILES string of the molecule is O=C1CCc2cc(NCc3ccc(CO)o3)ccc2N1. The van der Waals surface area contributed by atoms with E-state index in [9.17, 15) is 4.79 Å². The maximum absolute atomic E-state index is 11.3. The fourth-order valence-corrected chi connectivity index (χ4v) is 2.28. The highest BCUT2D eigenvalue weighted by molar-refractivity contribution is 5.94. The Labute approximate surface area is 116 Å². The molecule has 20 heavy (non-hydrogen) atoms. The molecule has 1 aliphatic rings. The van der Waals surface area contributed by atoms with E-state index in [-0.39, 0.29) is 12.5 Å². The molecule has 0 spiro atoms. The Balaban J connectivity index is 1.67. The van der Waals surface area contributed by atoms with Gasteiger partial charge in [-0.25, -0.2) is 0 Å². The van der Waals surface area contributed by atoms with Crippen LogP contribution in [-0.4, -0.2) is 11.0 Å². The topological polar surface area (TPSA) is 74.5 Å². The minimum Gasteiger partial charge on any atom is -0.462 e. The number of rotatable bonds is 4. The summed E-state index contributed by atoms with van der Waals surface area (Å²) in [6.45, 7) is 0.476. The first-order valence-corrected chi connectivity index (χ1v) is 6.60. The lowest BCUT2D eigenvalue weighted by Crippen LogP contribution is -2.18. The third-order valence-electron chi connectivity index (χ3n) is 3.34. The summed E-state index contributed by atoms with van der Waals surface area (Å²) >= 11 is 0. The second kappa shape index (κ2) is 5.38. The van der Waals surface area contributed by atoms with E-state index in [4.69, 9.17) is 9.52 Å². The van der Waals surface area contributed by atoms with Gasteiger partial charge in [0.1, 0.15) is 18.1 Å². The second-order valence-corrected chi connectivity index (χ2v) is 4.80. The summed E-state index contributed by atoms with van der Waals surface area (Å²) in [5.74, 6) is 1.42. The molecule has 2 aromatic rings. The molecule has 2 heterocycles. The van der Waals surface area contributed by atoms with Crippen molar-refractivity contribution >= 4 is 17.3 Å². The number of aryl methyl sites for hydroxylation is 1. The molecule has 0 atom stereocenters. The van der Waals surface area contributed by atoms with Crippen LogP contribution in [0.5, 0.6) is 0 Å². The van der Waals surface area contributed by atoms with E-state index in [0.29, 0.717) is 18.7 Å². The van der Waals surface area contributed by atoms with Crippen LogP contribution in [0.2, 0.25) is 0 Å². The van der Waals surface area contributed by atoms with Gasteiger partial charge < -0.3 is 20.2 Å². The molecule has 5 nitrogen and oxygen atoms in total. The van der Waals surface area contributed by atoms with E-state index in [1.165, 1.54) is 0 Å². The van der Waals surface area contributed by atoms with Crippen LogP contribution in [0.3, 0.4) is 0 Å². The fraction of sp³-hybridized carbons (Fsp3) is 0.267. The molecule has 0 radical (unpaired) electrons. The van der Waals surface area contributed by atoms with Crippen molar-refractivity contribution < 1.29 is 14.3 Å². The van der Waals surface area contributed by atoms with Crippen LogP contribution in [-0.2, 0) is 24.4 Å². The van der Waals surface area contributed by atoms with Crippen molar-refractivity contribution in [2.24, 2.45) is 0 Å². The Kier molecular flexibility index (Phi) is 3.43. The molecule has 3 N–H and O–H groups in total. The van der Waals surface area contributed by atoms with E-state index < -0.39 is 0 Å². The van der Waals surface area contributed by atoms with Crippen molar-refractivity contribution in [2.75, 3.05) is 10.6 Å². The normalized spacial score (nSPS) is 13.8. The standard InChI is InChI=1S/C15H16N2O3/c18-9-13-4-3-12(20-13)8-16-11-2-5-14-10(7-11)1-6-15(19)17-14/h2-5,7,16,18H,1,6,8-9H2,(H,17,19). The zero-order chi connectivity index (χ0) is 13.9. The van der Waals surface area contributed by atoms with E-state index in [1.807, 2.05) is 24.3 Å². The lowest BCUT2D eigenvalue weighted by atomic mass is 10.0. The van der Waals surface area contributed by atoms with Crippen LogP contribution in [0.1, 0.15) is 23.5 Å². The molecule has 1 amide bonds. The lowest BCUT2D eigenvalue weighted by molar-refractivity contribution is -0.116. The minimum atomic E-state index is -0.0848. The van der Waals surface area contributed by atoms with E-state index >= 15 is 0 Å². The van der Waals surface area contributed by atoms with Gasteiger partial charge in [0, 0.05) is 17.8 Å². The molecule has 0 aliphatic carbocycles. The number of amides is 1. The molecule has 3 rings (SSSR count). The summed E-state index contributed by atoms with van der Waals surface area (Å²) in [4.78, 5) is 11.3. The van der Waals surface area contributed by atoms with Crippen molar-refractivity contribution in [3.8, 4) is 0 Å². The van der Waals surface area contributed by atoms with Crippen LogP contribution in [0.25, 0.3) is 0 Å². The number of hydrogen-bond acceptors (Lipinski definition) is 4. The molecule has 0 unspecified atom stereocenters. The Morgan fingerprint density at radius 2 is 2.05 bits per heavy atom. The summed E-state index contributed by atoms with van der Waals surface area (Å²) in [7, 11) is 0. The average Bonchev–Trinajstić information content (AvgIpc) is 2.93. The highest BCUT2D eigenvalue weighted by Gasteiger charge is 2.14. The second-order valence-electron chi connectivity index (χ2n) is 4.80. The van der Waals surface area contributed by atoms with Crippen molar-refractivity contribution in [1.29, 1.82) is 0 Å². The number of furan rings is 1. The van der Waals surface area contributed by atoms with E-state index in [2.05, 4.69) is 10.6 Å². The van der Waals surface area contributed by atoms with Gasteiger partial charge in [-0.1, -0.05) is 0 Å². The Bertz CT molecular complexity index is 634. The van der Waals surface area contributed by atoms with Gasteiger partial charge in [0.25, 0.3) is 0 Å². The average molecular weight is 272 g/mol. The maximum Gasteiger partial charge on any atom is 0.224 e. The Hall–Kier alpha value is -2.27. The number of aliphatic hydroxyl groups is 1. The summed E-state index contributed by atoms with van der Waals surface area (Å²) in [6, 6.07) is 9.50. The predicted molar refractivity (Wildman–Crippen MR) is 75.4 cm³/mol. The van der Waals surface area contributed by atoms with Gasteiger partial charge in [0.2, 0.25) is 5.91 Å². The van der Waals surface area contributed by atoms with Gasteiger partial charge in [-0.15, -0.1) is 0 Å². The van der Waals surface area contributed by atoms with Crippen LogP contribution in [0.15, 0.2) is 34.7 Å². The quantitative estimate of drug-likeness (QED) is 0.798. The van der Waals surface area contributed by atoms with Crippen LogP contribution in [0.4, 0.5) is 11.4 Å². The van der Waals surface area contributed by atoms with E-state index in [1.54, 1.807) is 6.07 Å². The summed E-state index contributed by atoms with van der Waals surface area (Å²) in [5, 5.41) is 15.1. The van der Waals surface area contributed by atoms with Crippen molar-refractivity contribution in [3.05, 3.63) is 47.4 Å². The Morgan fingerprint density at radius 1 is 1.20 bits per heavy atom. The zero-order valence-electron chi connectivity index (χ0n) is 11.0. The number of fused-ring (bicyclic) bond motifs is 1. The molecule has 0 fully saturated rings. The van der Waals surface area contributed by atoms with Gasteiger partial charge in [0.05, 0.1) is 6.54 Å². The molecule has 1 aromatic carbocycles. The third kappa shape index (κ3) is 2.67. The van der Waals surface area contributed by atoms with Gasteiger partial charge in [-0.2, -0.15) is 0 Å². The highest BCUT2D eigenvalue weighted by Crippen LogP contribution is 2.26. The van der Waals surface area contributed by atoms with Crippen molar-refractivity contribution in [1.82, 2.24) is 0 Å². The van der Waals surface area contributed by atoms with E-state index in [0.717, 1.165) is 29.1 Å². The van der Waals surface area contributed by atoms with Gasteiger partial charge >= 0.3 is 0 Å². The van der Waals surface area contributed by atoms with Crippen molar-refractivity contribution in [3.63, 3.8) is 0 Å². The molecular weight excluding hydrogens is 256 g/mol. The lowest BCUT2D eigenvalue weighted by Gasteiger charge is -2.17. The van der Waals surface area contributed by atoms with Crippen LogP contribution >= 0.6 is 0 Å². The number of carbonyl (C=O) groups excluding carboxylic acids is 1. The largest absolute Gasteiger partial charge is 0.462 e. The number of hydrogen-bond donors (Lipinski definition) is 3. The first-order chi connectivity index (χ1) is 9.74. The molecule has 0 saturated carbocycles. The highest BCUT2D eigenvalue weighted by atomic mass is 16.4. The van der Waals surface area contributed by atoms with Crippen molar-refractivity contribution in [2.45, 2.75) is 26.0 Å². The monoisotopic (exact) mass is 272 g/mol. The van der Waals surface area contributed by atoms with Gasteiger partial charge in [-0.05, 0) is 42.3 Å². The molecule has 5 heteroatoms. The first kappa shape index (κ1) is 12.7. The minimum absolute atomic E-state index is 0.0744. The molecule has 104 valence electrons.